The fourth-order valence-electron chi connectivity index (χ4n) is 5.96. The average Bonchev–Trinajstić information content (AvgIpc) is 3.79. The lowest BCUT2D eigenvalue weighted by atomic mass is 9.97. The molecule has 0 radical (unpaired) electrons. The maximum atomic E-state index is 13.9. The van der Waals surface area contributed by atoms with Crippen molar-refractivity contribution in [3.63, 3.8) is 0 Å². The zero-order valence-corrected chi connectivity index (χ0v) is 24.7. The molecule has 0 aliphatic carbocycles. The molecule has 214 valence electrons. The Morgan fingerprint density at radius 2 is 1.29 bits per heavy atom. The summed E-state index contributed by atoms with van der Waals surface area (Å²) in [7, 11) is 0. The lowest BCUT2D eigenvalue weighted by molar-refractivity contribution is 0.104. The van der Waals surface area contributed by atoms with Crippen LogP contribution in [0.4, 0.5) is 0 Å². The van der Waals surface area contributed by atoms with E-state index in [1.54, 1.807) is 11.3 Å². The molecule has 0 unspecified atom stereocenters. The summed E-state index contributed by atoms with van der Waals surface area (Å²) in [4.78, 5) is 19.9. The molecule has 41 heavy (non-hydrogen) atoms. The number of carbonyl (C=O) groups is 1. The van der Waals surface area contributed by atoms with Gasteiger partial charge >= 0.3 is 0 Å². The summed E-state index contributed by atoms with van der Waals surface area (Å²) in [6, 6.07) is 24.0. The van der Waals surface area contributed by atoms with Crippen LogP contribution >= 0.6 is 11.3 Å². The van der Waals surface area contributed by atoms with Gasteiger partial charge in [0.25, 0.3) is 0 Å². The maximum Gasteiger partial charge on any atom is 0.195 e. The maximum absolute atomic E-state index is 13.9. The number of unbranched alkanes of at least 4 members (excludes halogenated alkanes) is 1. The second-order valence-electron chi connectivity index (χ2n) is 11.2. The largest absolute Gasteiger partial charge is 0.494 e. The van der Waals surface area contributed by atoms with Crippen LogP contribution in [0.1, 0.15) is 54.4 Å². The lowest BCUT2D eigenvalue weighted by Crippen LogP contribution is -2.25. The molecular formula is C35H40N2O3S. The van der Waals surface area contributed by atoms with Gasteiger partial charge in [-0.15, -0.1) is 11.3 Å². The first-order valence-electron chi connectivity index (χ1n) is 15.2. The number of thiophene rings is 1. The Balaban J connectivity index is 1.11. The van der Waals surface area contributed by atoms with Crippen LogP contribution in [0.2, 0.25) is 0 Å². The molecule has 2 aliphatic heterocycles. The van der Waals surface area contributed by atoms with Crippen molar-refractivity contribution < 1.29 is 14.3 Å². The standard InChI is InChI=1S/C35H40N2O3S/c38-34(27-11-15-29(16-12-27)39-25-8-7-23-36-19-3-4-20-36)33-31-9-1-2-10-32(31)41-35(33)28-13-17-30(18-14-28)40-26-24-37-21-5-6-22-37/h1-2,9-18H,3-8,19-26H2. The fourth-order valence-corrected chi connectivity index (χ4v) is 7.16. The molecule has 0 atom stereocenters. The molecule has 3 aromatic carbocycles. The highest BCUT2D eigenvalue weighted by atomic mass is 32.1. The molecule has 2 saturated heterocycles. The van der Waals surface area contributed by atoms with E-state index in [0.29, 0.717) is 18.8 Å². The monoisotopic (exact) mass is 568 g/mol. The van der Waals surface area contributed by atoms with E-state index in [1.165, 1.54) is 58.4 Å². The van der Waals surface area contributed by atoms with E-state index in [-0.39, 0.29) is 5.78 Å². The quantitative estimate of drug-likeness (QED) is 0.123. The number of hydrogen-bond donors (Lipinski definition) is 0. The van der Waals surface area contributed by atoms with E-state index in [9.17, 15) is 4.79 Å². The third kappa shape index (κ3) is 7.00. The van der Waals surface area contributed by atoms with Gasteiger partial charge in [-0.25, -0.2) is 0 Å². The van der Waals surface area contributed by atoms with E-state index >= 15 is 0 Å². The first-order chi connectivity index (χ1) is 20.2. The van der Waals surface area contributed by atoms with Gasteiger partial charge in [-0.05, 0) is 131 Å². The number of carbonyl (C=O) groups excluding carboxylic acids is 1. The van der Waals surface area contributed by atoms with Crippen LogP contribution in [0.25, 0.3) is 20.5 Å². The van der Waals surface area contributed by atoms with Gasteiger partial charge in [-0.1, -0.05) is 18.2 Å². The molecule has 6 heteroatoms. The van der Waals surface area contributed by atoms with Crippen LogP contribution in [0.15, 0.2) is 72.8 Å². The minimum Gasteiger partial charge on any atom is -0.494 e. The van der Waals surface area contributed by atoms with Crippen LogP contribution in [0, 0.1) is 0 Å². The minimum absolute atomic E-state index is 0.0422. The smallest absolute Gasteiger partial charge is 0.195 e. The van der Waals surface area contributed by atoms with Crippen molar-refractivity contribution in [2.24, 2.45) is 0 Å². The van der Waals surface area contributed by atoms with Gasteiger partial charge < -0.3 is 14.4 Å². The number of nitrogens with zero attached hydrogens (tertiary/aromatic N) is 2. The highest BCUT2D eigenvalue weighted by Gasteiger charge is 2.21. The van der Waals surface area contributed by atoms with Crippen molar-refractivity contribution in [1.29, 1.82) is 0 Å². The third-order valence-electron chi connectivity index (χ3n) is 8.27. The lowest BCUT2D eigenvalue weighted by Gasteiger charge is -2.15. The molecule has 5 nitrogen and oxygen atoms in total. The Morgan fingerprint density at radius 3 is 2.00 bits per heavy atom. The Kier molecular flexibility index (Phi) is 9.31. The van der Waals surface area contributed by atoms with Gasteiger partial charge in [-0.2, -0.15) is 0 Å². The molecule has 0 amide bonds. The summed E-state index contributed by atoms with van der Waals surface area (Å²) in [5, 5.41) is 1.00. The predicted molar refractivity (Wildman–Crippen MR) is 169 cm³/mol. The van der Waals surface area contributed by atoms with Gasteiger partial charge in [0.1, 0.15) is 18.1 Å². The summed E-state index contributed by atoms with van der Waals surface area (Å²) in [6.07, 6.45) is 7.47. The average molecular weight is 569 g/mol. The second kappa shape index (κ2) is 13.6. The SMILES string of the molecule is O=C(c1ccc(OCCCCN2CCCC2)cc1)c1c(-c2ccc(OCCN3CCCC3)cc2)sc2ccccc12. The second-order valence-corrected chi connectivity index (χ2v) is 12.2. The predicted octanol–water partition coefficient (Wildman–Crippen LogP) is 7.53. The summed E-state index contributed by atoms with van der Waals surface area (Å²) in [5.41, 5.74) is 2.48. The zero-order valence-electron chi connectivity index (χ0n) is 23.9. The van der Waals surface area contributed by atoms with Crippen molar-refractivity contribution >= 4 is 27.2 Å². The molecule has 0 N–H and O–H groups in total. The van der Waals surface area contributed by atoms with Crippen LogP contribution in [-0.2, 0) is 0 Å². The molecule has 0 saturated carbocycles. The third-order valence-corrected chi connectivity index (χ3v) is 9.49. The van der Waals surface area contributed by atoms with Crippen molar-refractivity contribution in [2.45, 2.75) is 38.5 Å². The number of ether oxygens (including phenoxy) is 2. The molecule has 2 fully saturated rings. The Bertz CT molecular complexity index is 1420. The molecule has 4 aromatic rings. The summed E-state index contributed by atoms with van der Waals surface area (Å²) in [6.45, 7) is 8.40. The topological polar surface area (TPSA) is 42.0 Å². The minimum atomic E-state index is 0.0422. The van der Waals surface area contributed by atoms with Crippen LogP contribution < -0.4 is 9.47 Å². The van der Waals surface area contributed by atoms with E-state index < -0.39 is 0 Å². The molecule has 0 spiro atoms. The Hall–Kier alpha value is -3.19. The van der Waals surface area contributed by atoms with Crippen molar-refractivity contribution in [2.75, 3.05) is 52.5 Å². The number of hydrogen-bond acceptors (Lipinski definition) is 6. The van der Waals surface area contributed by atoms with Crippen LogP contribution in [0.3, 0.4) is 0 Å². The zero-order chi connectivity index (χ0) is 27.9. The first kappa shape index (κ1) is 28.0. The Morgan fingerprint density at radius 1 is 0.683 bits per heavy atom. The van der Waals surface area contributed by atoms with E-state index in [1.807, 2.05) is 48.5 Å². The molecule has 2 aliphatic rings. The van der Waals surface area contributed by atoms with Gasteiger partial charge in [0.05, 0.1) is 6.61 Å². The van der Waals surface area contributed by atoms with E-state index in [2.05, 4.69) is 34.1 Å². The van der Waals surface area contributed by atoms with Crippen LogP contribution in [-0.4, -0.2) is 68.1 Å². The van der Waals surface area contributed by atoms with E-state index in [4.69, 9.17) is 9.47 Å². The number of likely N-dealkylation sites (tertiary alicyclic amines) is 2. The van der Waals surface area contributed by atoms with Crippen molar-refractivity contribution in [3.05, 3.63) is 83.9 Å². The number of benzene rings is 3. The van der Waals surface area contributed by atoms with Gasteiger partial charge in [0, 0.05) is 32.6 Å². The number of ketones is 1. The molecular weight excluding hydrogens is 528 g/mol. The van der Waals surface area contributed by atoms with Gasteiger partial charge in [0.15, 0.2) is 5.78 Å². The van der Waals surface area contributed by atoms with Gasteiger partial charge in [-0.3, -0.25) is 9.69 Å². The normalized spacial score (nSPS) is 16.0. The summed E-state index contributed by atoms with van der Waals surface area (Å²) in [5.74, 6) is 1.73. The molecule has 1 aromatic heterocycles. The molecule has 0 bridgehead atoms. The fraction of sp³-hybridized carbons (Fsp3) is 0.400. The van der Waals surface area contributed by atoms with Crippen molar-refractivity contribution in [3.8, 4) is 21.9 Å². The molecule has 3 heterocycles. The number of fused-ring (bicyclic) bond motifs is 1. The van der Waals surface area contributed by atoms with Crippen LogP contribution in [0.5, 0.6) is 11.5 Å². The van der Waals surface area contributed by atoms with E-state index in [0.717, 1.165) is 57.0 Å². The summed E-state index contributed by atoms with van der Waals surface area (Å²) >= 11 is 1.67. The first-order valence-corrected chi connectivity index (χ1v) is 16.0. The number of rotatable bonds is 13. The summed E-state index contributed by atoms with van der Waals surface area (Å²) < 4.78 is 13.1. The highest BCUT2D eigenvalue weighted by molar-refractivity contribution is 7.22. The molecule has 6 rings (SSSR count). The highest BCUT2D eigenvalue weighted by Crippen LogP contribution is 2.40. The van der Waals surface area contributed by atoms with Gasteiger partial charge in [0.2, 0.25) is 0 Å². The van der Waals surface area contributed by atoms with Crippen molar-refractivity contribution in [1.82, 2.24) is 9.80 Å². The Labute approximate surface area is 247 Å².